The van der Waals surface area contributed by atoms with E-state index in [-0.39, 0.29) is 11.5 Å². The summed E-state index contributed by atoms with van der Waals surface area (Å²) in [5, 5.41) is 5.66. The van der Waals surface area contributed by atoms with E-state index in [4.69, 9.17) is 23.2 Å². The maximum Gasteiger partial charge on any atom is 0.253 e. The molecular weight excluding hydrogens is 355 g/mol. The highest BCUT2D eigenvalue weighted by Gasteiger charge is 2.13. The summed E-state index contributed by atoms with van der Waals surface area (Å²) in [5.74, 6) is 0.688. The van der Waals surface area contributed by atoms with E-state index in [1.807, 2.05) is 19.9 Å². The Hall–Kier alpha value is -1.63. The zero-order valence-electron chi connectivity index (χ0n) is 12.4. The minimum absolute atomic E-state index is 0.0618. The van der Waals surface area contributed by atoms with Gasteiger partial charge in [0.25, 0.3) is 5.78 Å². The number of fused-ring (bicyclic) bond motifs is 1. The van der Waals surface area contributed by atoms with E-state index in [1.54, 1.807) is 22.7 Å². The molecule has 0 N–H and O–H groups in total. The molecule has 0 fully saturated rings. The van der Waals surface area contributed by atoms with Crippen LogP contribution in [0.15, 0.2) is 29.4 Å². The lowest BCUT2D eigenvalue weighted by Crippen LogP contribution is -2.02. The van der Waals surface area contributed by atoms with Crippen molar-refractivity contribution in [1.29, 1.82) is 0 Å². The van der Waals surface area contributed by atoms with E-state index in [9.17, 15) is 4.79 Å². The fourth-order valence-electron chi connectivity index (χ4n) is 2.09. The Kier molecular flexibility index (Phi) is 4.57. The van der Waals surface area contributed by atoms with Gasteiger partial charge in [-0.3, -0.25) is 4.79 Å². The van der Waals surface area contributed by atoms with Crippen LogP contribution in [0.4, 0.5) is 0 Å². The second-order valence-corrected chi connectivity index (χ2v) is 6.74. The summed E-state index contributed by atoms with van der Waals surface area (Å²) in [6.07, 6.45) is 0. The van der Waals surface area contributed by atoms with Crippen molar-refractivity contribution in [2.45, 2.75) is 19.0 Å². The molecule has 0 aliphatic rings. The van der Waals surface area contributed by atoms with Crippen LogP contribution >= 0.6 is 35.0 Å². The molecule has 2 heterocycles. The predicted octanol–water partition coefficient (Wildman–Crippen LogP) is 4.02. The van der Waals surface area contributed by atoms with E-state index in [1.165, 1.54) is 11.8 Å². The lowest BCUT2D eigenvalue weighted by molar-refractivity contribution is 0.102. The smallest absolute Gasteiger partial charge is 0.253 e. The lowest BCUT2D eigenvalue weighted by atomic mass is 10.1. The maximum absolute atomic E-state index is 12.2. The first-order valence-corrected chi connectivity index (χ1v) is 8.50. The van der Waals surface area contributed by atoms with Gasteiger partial charge in [-0.1, -0.05) is 35.0 Å². The molecule has 0 amide bonds. The van der Waals surface area contributed by atoms with Gasteiger partial charge in [0.05, 0.1) is 15.8 Å². The Morgan fingerprint density at radius 3 is 2.70 bits per heavy atom. The van der Waals surface area contributed by atoms with Crippen molar-refractivity contribution < 1.29 is 4.79 Å². The highest BCUT2D eigenvalue weighted by Crippen LogP contribution is 2.24. The monoisotopic (exact) mass is 366 g/mol. The van der Waals surface area contributed by atoms with Crippen molar-refractivity contribution in [2.75, 3.05) is 5.75 Å². The van der Waals surface area contributed by atoms with Gasteiger partial charge < -0.3 is 0 Å². The number of aromatic nitrogens is 4. The molecule has 0 spiro atoms. The Balaban J connectivity index is 1.76. The van der Waals surface area contributed by atoms with Crippen molar-refractivity contribution in [3.05, 3.63) is 51.3 Å². The van der Waals surface area contributed by atoms with Crippen LogP contribution < -0.4 is 0 Å². The van der Waals surface area contributed by atoms with Gasteiger partial charge in [0.1, 0.15) is 0 Å². The molecule has 0 aliphatic heterocycles. The summed E-state index contributed by atoms with van der Waals surface area (Å²) in [7, 11) is 0. The summed E-state index contributed by atoms with van der Waals surface area (Å²) in [4.78, 5) is 20.9. The van der Waals surface area contributed by atoms with E-state index < -0.39 is 0 Å². The Morgan fingerprint density at radius 2 is 1.96 bits per heavy atom. The van der Waals surface area contributed by atoms with Crippen molar-refractivity contribution in [3.63, 3.8) is 0 Å². The topological polar surface area (TPSA) is 60.2 Å². The van der Waals surface area contributed by atoms with Crippen LogP contribution in [0.1, 0.15) is 21.7 Å². The van der Waals surface area contributed by atoms with Crippen LogP contribution in [0.2, 0.25) is 10.0 Å². The number of aryl methyl sites for hydroxylation is 2. The molecule has 2 aromatic heterocycles. The molecule has 0 radical (unpaired) electrons. The van der Waals surface area contributed by atoms with Gasteiger partial charge >= 0.3 is 0 Å². The standard InChI is InChI=1S/C15H12Cl2N4OS/c1-8-5-9(2)21-14(18-8)19-15(20-21)23-7-13(22)10-3-4-11(16)12(17)6-10/h3-6H,7H2,1-2H3. The first-order valence-electron chi connectivity index (χ1n) is 6.76. The molecule has 8 heteroatoms. The van der Waals surface area contributed by atoms with Crippen LogP contribution in [0.3, 0.4) is 0 Å². The third kappa shape index (κ3) is 3.49. The average molecular weight is 367 g/mol. The largest absolute Gasteiger partial charge is 0.293 e. The number of halogens is 2. The van der Waals surface area contributed by atoms with E-state index in [0.717, 1.165) is 11.4 Å². The third-order valence-corrected chi connectivity index (χ3v) is 4.75. The predicted molar refractivity (Wildman–Crippen MR) is 91.8 cm³/mol. The fourth-order valence-corrected chi connectivity index (χ4v) is 3.10. The van der Waals surface area contributed by atoms with Gasteiger partial charge in [-0.2, -0.15) is 4.98 Å². The fraction of sp³-hybridized carbons (Fsp3) is 0.200. The SMILES string of the molecule is Cc1cc(C)n2nc(SCC(=O)c3ccc(Cl)c(Cl)c3)nc2n1. The minimum atomic E-state index is -0.0618. The van der Waals surface area contributed by atoms with Crippen LogP contribution in [0, 0.1) is 13.8 Å². The van der Waals surface area contributed by atoms with Gasteiger partial charge in [-0.05, 0) is 38.1 Å². The molecule has 3 aromatic rings. The lowest BCUT2D eigenvalue weighted by Gasteiger charge is -2.01. The normalized spacial score (nSPS) is 11.1. The van der Waals surface area contributed by atoms with E-state index in [0.29, 0.717) is 26.5 Å². The van der Waals surface area contributed by atoms with Crippen LogP contribution in [0.5, 0.6) is 0 Å². The Labute approximate surface area is 147 Å². The third-order valence-electron chi connectivity index (χ3n) is 3.17. The van der Waals surface area contributed by atoms with Gasteiger partial charge in [-0.15, -0.1) is 5.10 Å². The second kappa shape index (κ2) is 6.47. The maximum atomic E-state index is 12.2. The van der Waals surface area contributed by atoms with Gasteiger partial charge in [0.2, 0.25) is 5.16 Å². The van der Waals surface area contributed by atoms with Crippen molar-refractivity contribution in [3.8, 4) is 0 Å². The molecule has 0 saturated carbocycles. The zero-order valence-corrected chi connectivity index (χ0v) is 14.7. The first kappa shape index (κ1) is 16.2. The van der Waals surface area contributed by atoms with Crippen molar-refractivity contribution in [1.82, 2.24) is 19.6 Å². The molecule has 0 bridgehead atoms. The molecular formula is C15H12Cl2N4OS. The number of carbonyl (C=O) groups excluding carboxylic acids is 1. The highest BCUT2D eigenvalue weighted by molar-refractivity contribution is 7.99. The number of nitrogens with zero attached hydrogens (tertiary/aromatic N) is 4. The van der Waals surface area contributed by atoms with E-state index >= 15 is 0 Å². The van der Waals surface area contributed by atoms with Crippen molar-refractivity contribution >= 4 is 46.5 Å². The molecule has 3 rings (SSSR count). The number of thioether (sulfide) groups is 1. The number of benzene rings is 1. The molecule has 0 atom stereocenters. The number of hydrogen-bond acceptors (Lipinski definition) is 5. The molecule has 5 nitrogen and oxygen atoms in total. The molecule has 1 aromatic carbocycles. The van der Waals surface area contributed by atoms with Gasteiger partial charge in [0, 0.05) is 17.0 Å². The number of Topliss-reactive ketones (excluding diaryl/α,β-unsaturated/α-hetero) is 1. The first-order chi connectivity index (χ1) is 10.9. The number of carbonyl (C=O) groups is 1. The summed E-state index contributed by atoms with van der Waals surface area (Å²) in [6, 6.07) is 6.76. The Bertz CT molecular complexity index is 910. The van der Waals surface area contributed by atoms with Crippen molar-refractivity contribution in [2.24, 2.45) is 0 Å². The van der Waals surface area contributed by atoms with Crippen LogP contribution in [-0.2, 0) is 0 Å². The summed E-state index contributed by atoms with van der Waals surface area (Å²) in [6.45, 7) is 3.84. The minimum Gasteiger partial charge on any atom is -0.293 e. The van der Waals surface area contributed by atoms with E-state index in [2.05, 4.69) is 15.1 Å². The molecule has 0 unspecified atom stereocenters. The van der Waals surface area contributed by atoms with Gasteiger partial charge in [0.15, 0.2) is 5.78 Å². The van der Waals surface area contributed by atoms with Gasteiger partial charge in [-0.25, -0.2) is 9.50 Å². The average Bonchev–Trinajstić information content (AvgIpc) is 2.91. The number of hydrogen-bond donors (Lipinski definition) is 0. The molecule has 23 heavy (non-hydrogen) atoms. The molecule has 0 saturated heterocycles. The number of rotatable bonds is 4. The zero-order chi connectivity index (χ0) is 16.6. The van der Waals surface area contributed by atoms with Crippen LogP contribution in [-0.4, -0.2) is 31.1 Å². The summed E-state index contributed by atoms with van der Waals surface area (Å²) >= 11 is 13.1. The highest BCUT2D eigenvalue weighted by atomic mass is 35.5. The number of ketones is 1. The second-order valence-electron chi connectivity index (χ2n) is 4.99. The summed E-state index contributed by atoms with van der Waals surface area (Å²) in [5.41, 5.74) is 2.34. The molecule has 118 valence electrons. The quantitative estimate of drug-likeness (QED) is 0.515. The summed E-state index contributed by atoms with van der Waals surface area (Å²) < 4.78 is 1.67. The van der Waals surface area contributed by atoms with Crippen LogP contribution in [0.25, 0.3) is 5.78 Å². The molecule has 0 aliphatic carbocycles. The Morgan fingerprint density at radius 1 is 1.17 bits per heavy atom.